The lowest BCUT2D eigenvalue weighted by atomic mass is 10.3. The molecule has 1 heterocycles. The van der Waals surface area contributed by atoms with Gasteiger partial charge < -0.3 is 15.6 Å². The summed E-state index contributed by atoms with van der Waals surface area (Å²) < 4.78 is 1.85. The zero-order valence-corrected chi connectivity index (χ0v) is 7.82. The molecule has 1 rings (SSSR count). The van der Waals surface area contributed by atoms with Gasteiger partial charge in [-0.05, 0) is 6.92 Å². The summed E-state index contributed by atoms with van der Waals surface area (Å²) in [6.45, 7) is 2.07. The monoisotopic (exact) mass is 182 g/mol. The Morgan fingerprint density at radius 1 is 1.85 bits per heavy atom. The van der Waals surface area contributed by atoms with Crippen LogP contribution in [-0.2, 0) is 18.4 Å². The first-order valence-electron chi connectivity index (χ1n) is 4.10. The van der Waals surface area contributed by atoms with Crippen LogP contribution >= 0.6 is 0 Å². The number of carbonyl (C=O) groups is 1. The molecule has 0 aliphatic rings. The SMILES string of the molecule is C[C@@H](N)C(=O)NCc1nccn1C. The lowest BCUT2D eigenvalue weighted by molar-refractivity contribution is -0.122. The standard InChI is InChI=1S/C8H14N4O/c1-6(9)8(13)11-5-7-10-3-4-12(7)2/h3-4,6H,5,9H2,1-2H3,(H,11,13)/t6-/m1/s1. The van der Waals surface area contributed by atoms with Crippen molar-refractivity contribution in [1.82, 2.24) is 14.9 Å². The quantitative estimate of drug-likeness (QED) is 0.654. The topological polar surface area (TPSA) is 72.9 Å². The largest absolute Gasteiger partial charge is 0.348 e. The molecule has 0 spiro atoms. The van der Waals surface area contributed by atoms with Crippen LogP contribution in [0.2, 0.25) is 0 Å². The van der Waals surface area contributed by atoms with Crippen molar-refractivity contribution in [2.24, 2.45) is 12.8 Å². The molecule has 1 aromatic heterocycles. The molecule has 0 saturated heterocycles. The van der Waals surface area contributed by atoms with Gasteiger partial charge in [0.15, 0.2) is 0 Å². The summed E-state index contributed by atoms with van der Waals surface area (Å²) in [5, 5.41) is 2.68. The Balaban J connectivity index is 2.44. The number of nitrogens with two attached hydrogens (primary N) is 1. The highest BCUT2D eigenvalue weighted by atomic mass is 16.2. The van der Waals surface area contributed by atoms with Crippen molar-refractivity contribution >= 4 is 5.91 Å². The molecule has 0 aliphatic carbocycles. The molecular weight excluding hydrogens is 168 g/mol. The van der Waals surface area contributed by atoms with Gasteiger partial charge in [-0.25, -0.2) is 4.98 Å². The van der Waals surface area contributed by atoms with Gasteiger partial charge in [0.1, 0.15) is 5.82 Å². The van der Waals surface area contributed by atoms with Crippen LogP contribution in [0.15, 0.2) is 12.4 Å². The summed E-state index contributed by atoms with van der Waals surface area (Å²) in [6.07, 6.45) is 3.51. The summed E-state index contributed by atoms with van der Waals surface area (Å²) >= 11 is 0. The fourth-order valence-corrected chi connectivity index (χ4v) is 0.894. The maximum absolute atomic E-state index is 11.1. The maximum Gasteiger partial charge on any atom is 0.237 e. The van der Waals surface area contributed by atoms with Crippen molar-refractivity contribution in [3.63, 3.8) is 0 Å². The number of hydrogen-bond acceptors (Lipinski definition) is 3. The van der Waals surface area contributed by atoms with Crippen molar-refractivity contribution in [3.05, 3.63) is 18.2 Å². The molecule has 0 aromatic carbocycles. The van der Waals surface area contributed by atoms with Gasteiger partial charge in [0.2, 0.25) is 5.91 Å². The van der Waals surface area contributed by atoms with Crippen LogP contribution in [0.5, 0.6) is 0 Å². The molecule has 72 valence electrons. The number of rotatable bonds is 3. The Kier molecular flexibility index (Phi) is 3.02. The van der Waals surface area contributed by atoms with Gasteiger partial charge >= 0.3 is 0 Å². The Labute approximate surface area is 76.9 Å². The number of aryl methyl sites for hydroxylation is 1. The first-order valence-corrected chi connectivity index (χ1v) is 4.10. The minimum Gasteiger partial charge on any atom is -0.348 e. The third-order valence-electron chi connectivity index (χ3n) is 1.76. The summed E-state index contributed by atoms with van der Waals surface area (Å²) in [4.78, 5) is 15.1. The third-order valence-corrected chi connectivity index (χ3v) is 1.76. The lowest BCUT2D eigenvalue weighted by Gasteiger charge is -2.06. The van der Waals surface area contributed by atoms with E-state index in [0.717, 1.165) is 5.82 Å². The van der Waals surface area contributed by atoms with Crippen molar-refractivity contribution in [2.45, 2.75) is 19.5 Å². The highest BCUT2D eigenvalue weighted by Crippen LogP contribution is 1.92. The average molecular weight is 182 g/mol. The van der Waals surface area contributed by atoms with E-state index in [1.165, 1.54) is 0 Å². The summed E-state index contributed by atoms with van der Waals surface area (Å²) in [5.41, 5.74) is 5.37. The van der Waals surface area contributed by atoms with E-state index in [0.29, 0.717) is 6.54 Å². The van der Waals surface area contributed by atoms with Crippen LogP contribution in [0.3, 0.4) is 0 Å². The number of nitrogens with one attached hydrogen (secondary N) is 1. The second-order valence-electron chi connectivity index (χ2n) is 2.96. The normalized spacial score (nSPS) is 12.5. The van der Waals surface area contributed by atoms with E-state index < -0.39 is 6.04 Å². The summed E-state index contributed by atoms with van der Waals surface area (Å²) in [5.74, 6) is 0.650. The van der Waals surface area contributed by atoms with E-state index in [9.17, 15) is 4.79 Å². The maximum atomic E-state index is 11.1. The van der Waals surface area contributed by atoms with Gasteiger partial charge in [0.05, 0.1) is 12.6 Å². The number of aromatic nitrogens is 2. The molecule has 3 N–H and O–H groups in total. The van der Waals surface area contributed by atoms with E-state index in [1.807, 2.05) is 17.8 Å². The van der Waals surface area contributed by atoms with Crippen LogP contribution in [0.1, 0.15) is 12.7 Å². The fourth-order valence-electron chi connectivity index (χ4n) is 0.894. The number of carbonyl (C=O) groups excluding carboxylic acids is 1. The predicted molar refractivity (Wildman–Crippen MR) is 48.7 cm³/mol. The van der Waals surface area contributed by atoms with E-state index in [2.05, 4.69) is 10.3 Å². The molecule has 1 aromatic rings. The van der Waals surface area contributed by atoms with Gasteiger partial charge in [-0.15, -0.1) is 0 Å². The van der Waals surface area contributed by atoms with Crippen molar-refractivity contribution in [2.75, 3.05) is 0 Å². The van der Waals surface area contributed by atoms with Crippen LogP contribution < -0.4 is 11.1 Å². The number of amides is 1. The van der Waals surface area contributed by atoms with Crippen molar-refractivity contribution < 1.29 is 4.79 Å². The van der Waals surface area contributed by atoms with E-state index >= 15 is 0 Å². The van der Waals surface area contributed by atoms with Gasteiger partial charge in [-0.1, -0.05) is 0 Å². The van der Waals surface area contributed by atoms with E-state index in [1.54, 1.807) is 13.1 Å². The van der Waals surface area contributed by atoms with E-state index in [4.69, 9.17) is 5.73 Å². The molecule has 1 atom stereocenters. The molecule has 0 bridgehead atoms. The molecule has 0 aliphatic heterocycles. The Bertz CT molecular complexity index is 292. The minimum absolute atomic E-state index is 0.164. The molecular formula is C8H14N4O. The zero-order valence-electron chi connectivity index (χ0n) is 7.82. The predicted octanol–water partition coefficient (Wildman–Crippen LogP) is -0.616. The van der Waals surface area contributed by atoms with Gasteiger partial charge in [0.25, 0.3) is 0 Å². The van der Waals surface area contributed by atoms with Gasteiger partial charge in [-0.3, -0.25) is 4.79 Å². The average Bonchev–Trinajstić information content (AvgIpc) is 2.47. The molecule has 13 heavy (non-hydrogen) atoms. The first-order chi connectivity index (χ1) is 6.11. The van der Waals surface area contributed by atoms with Gasteiger partial charge in [-0.2, -0.15) is 0 Å². The molecule has 0 saturated carbocycles. The van der Waals surface area contributed by atoms with Crippen LogP contribution in [0.25, 0.3) is 0 Å². The molecule has 5 nitrogen and oxygen atoms in total. The Morgan fingerprint density at radius 2 is 2.54 bits per heavy atom. The van der Waals surface area contributed by atoms with Crippen molar-refractivity contribution in [3.8, 4) is 0 Å². The van der Waals surface area contributed by atoms with Gasteiger partial charge in [0, 0.05) is 19.4 Å². The molecule has 0 radical (unpaired) electrons. The zero-order chi connectivity index (χ0) is 9.84. The van der Waals surface area contributed by atoms with Crippen LogP contribution in [0, 0.1) is 0 Å². The molecule has 0 fully saturated rings. The number of nitrogens with zero attached hydrogens (tertiary/aromatic N) is 2. The van der Waals surface area contributed by atoms with Crippen LogP contribution in [0.4, 0.5) is 0 Å². The Morgan fingerprint density at radius 3 is 3.00 bits per heavy atom. The third kappa shape index (κ3) is 2.55. The van der Waals surface area contributed by atoms with E-state index in [-0.39, 0.29) is 5.91 Å². The summed E-state index contributed by atoms with van der Waals surface area (Å²) in [7, 11) is 1.88. The Hall–Kier alpha value is -1.36. The smallest absolute Gasteiger partial charge is 0.237 e. The highest BCUT2D eigenvalue weighted by Gasteiger charge is 2.07. The van der Waals surface area contributed by atoms with Crippen LogP contribution in [-0.4, -0.2) is 21.5 Å². The van der Waals surface area contributed by atoms with Crippen molar-refractivity contribution in [1.29, 1.82) is 0 Å². The first kappa shape index (κ1) is 9.73. The molecule has 5 heteroatoms. The second kappa shape index (κ2) is 4.04. The number of imidazole rings is 1. The fraction of sp³-hybridized carbons (Fsp3) is 0.500. The number of hydrogen-bond donors (Lipinski definition) is 2. The summed E-state index contributed by atoms with van der Waals surface area (Å²) in [6, 6.07) is -0.472. The molecule has 0 unspecified atom stereocenters. The molecule has 1 amide bonds. The second-order valence-corrected chi connectivity index (χ2v) is 2.96. The highest BCUT2D eigenvalue weighted by molar-refractivity contribution is 5.80. The lowest BCUT2D eigenvalue weighted by Crippen LogP contribution is -2.38. The minimum atomic E-state index is -0.472.